The maximum absolute atomic E-state index is 11.5. The van der Waals surface area contributed by atoms with Crippen LogP contribution in [0.3, 0.4) is 0 Å². The fourth-order valence-corrected chi connectivity index (χ4v) is 1.66. The minimum absolute atomic E-state index is 0.118. The van der Waals surface area contributed by atoms with E-state index < -0.39 is 17.1 Å². The molecule has 1 aliphatic heterocycles. The molecule has 1 atom stereocenters. The Balaban J connectivity index is 2.37. The minimum atomic E-state index is -1.24. The van der Waals surface area contributed by atoms with Gasteiger partial charge in [0, 0.05) is 25.2 Å². The Kier molecular flexibility index (Phi) is 3.49. The van der Waals surface area contributed by atoms with E-state index in [2.05, 4.69) is 4.40 Å². The number of nitrogens with zero attached hydrogens (tertiary/aromatic N) is 2. The van der Waals surface area contributed by atoms with Crippen LogP contribution in [0, 0.1) is 5.92 Å². The average Bonchev–Trinajstić information content (AvgIpc) is 1.98. The molecule has 0 aromatic carbocycles. The molecular formula is C9H16N2O3S. The van der Waals surface area contributed by atoms with Gasteiger partial charge in [-0.2, -0.15) is 4.40 Å². The average molecular weight is 232 g/mol. The number of hydrogen-bond acceptors (Lipinski definition) is 2. The highest BCUT2D eigenvalue weighted by molar-refractivity contribution is 7.85. The van der Waals surface area contributed by atoms with E-state index in [1.807, 2.05) is 20.8 Å². The summed E-state index contributed by atoms with van der Waals surface area (Å²) in [6, 6.07) is 0. The Hall–Kier alpha value is -0.910. The first kappa shape index (κ1) is 12.2. The minimum Gasteiger partial charge on any atom is -0.465 e. The van der Waals surface area contributed by atoms with Crippen LogP contribution in [0.15, 0.2) is 4.40 Å². The molecule has 6 heteroatoms. The third kappa shape index (κ3) is 3.30. The molecule has 0 aliphatic carbocycles. The lowest BCUT2D eigenvalue weighted by atomic mass is 10.0. The van der Waals surface area contributed by atoms with Gasteiger partial charge in [-0.1, -0.05) is 0 Å². The SMILES string of the molecule is CC(C)(C)S(=O)N=CC1CN(C(=O)O)C1. The van der Waals surface area contributed by atoms with E-state index in [-0.39, 0.29) is 10.7 Å². The molecule has 0 aromatic rings. The maximum atomic E-state index is 11.5. The molecule has 15 heavy (non-hydrogen) atoms. The number of carbonyl (C=O) groups is 1. The van der Waals surface area contributed by atoms with Gasteiger partial charge in [-0.25, -0.2) is 9.00 Å². The van der Waals surface area contributed by atoms with E-state index in [4.69, 9.17) is 5.11 Å². The molecule has 0 saturated carbocycles. The molecule has 1 fully saturated rings. The normalized spacial score (nSPS) is 20.3. The summed E-state index contributed by atoms with van der Waals surface area (Å²) < 4.78 is 15.1. The Bertz CT molecular complexity index is 303. The lowest BCUT2D eigenvalue weighted by molar-refractivity contribution is 0.104. The highest BCUT2D eigenvalue weighted by Crippen LogP contribution is 2.16. The predicted octanol–water partition coefficient (Wildman–Crippen LogP) is 1.13. The summed E-state index contributed by atoms with van der Waals surface area (Å²) in [4.78, 5) is 11.7. The van der Waals surface area contributed by atoms with E-state index in [0.717, 1.165) is 0 Å². The van der Waals surface area contributed by atoms with Crippen molar-refractivity contribution >= 4 is 23.3 Å². The van der Waals surface area contributed by atoms with Crippen LogP contribution in [0.5, 0.6) is 0 Å². The van der Waals surface area contributed by atoms with Gasteiger partial charge in [0.1, 0.15) is 11.0 Å². The van der Waals surface area contributed by atoms with E-state index >= 15 is 0 Å². The monoisotopic (exact) mass is 232 g/mol. The summed E-state index contributed by atoms with van der Waals surface area (Å²) in [6.45, 7) is 6.47. The van der Waals surface area contributed by atoms with Gasteiger partial charge in [0.2, 0.25) is 0 Å². The summed E-state index contributed by atoms with van der Waals surface area (Å²) in [5.74, 6) is 0.118. The van der Waals surface area contributed by atoms with E-state index in [1.165, 1.54) is 4.90 Å². The van der Waals surface area contributed by atoms with Gasteiger partial charge >= 0.3 is 6.09 Å². The Morgan fingerprint density at radius 2 is 2.07 bits per heavy atom. The Morgan fingerprint density at radius 1 is 1.53 bits per heavy atom. The predicted molar refractivity (Wildman–Crippen MR) is 59.5 cm³/mol. The van der Waals surface area contributed by atoms with Gasteiger partial charge in [-0.15, -0.1) is 0 Å². The largest absolute Gasteiger partial charge is 0.465 e. The molecule has 1 aliphatic rings. The van der Waals surface area contributed by atoms with Crippen LogP contribution in [0.2, 0.25) is 0 Å². The van der Waals surface area contributed by atoms with Gasteiger partial charge < -0.3 is 10.0 Å². The van der Waals surface area contributed by atoms with Crippen molar-refractivity contribution in [1.82, 2.24) is 4.90 Å². The molecule has 1 N–H and O–H groups in total. The third-order valence-corrected chi connectivity index (χ3v) is 3.43. The molecule has 5 nitrogen and oxygen atoms in total. The quantitative estimate of drug-likeness (QED) is 0.725. The molecule has 1 heterocycles. The zero-order chi connectivity index (χ0) is 11.6. The van der Waals surface area contributed by atoms with Gasteiger partial charge in [0.15, 0.2) is 0 Å². The molecule has 1 saturated heterocycles. The van der Waals surface area contributed by atoms with E-state index in [0.29, 0.717) is 13.1 Å². The number of carboxylic acid groups (broad SMARTS) is 1. The van der Waals surface area contributed by atoms with Crippen molar-refractivity contribution in [3.63, 3.8) is 0 Å². The summed E-state index contributed by atoms with van der Waals surface area (Å²) in [7, 11) is -1.24. The first-order chi connectivity index (χ1) is 6.80. The highest BCUT2D eigenvalue weighted by Gasteiger charge is 2.29. The zero-order valence-corrected chi connectivity index (χ0v) is 9.95. The molecule has 0 spiro atoms. The lowest BCUT2D eigenvalue weighted by Crippen LogP contribution is -2.50. The first-order valence-electron chi connectivity index (χ1n) is 4.75. The van der Waals surface area contributed by atoms with Crippen molar-refractivity contribution in [3.05, 3.63) is 0 Å². The highest BCUT2D eigenvalue weighted by atomic mass is 32.2. The smallest absolute Gasteiger partial charge is 0.407 e. The Morgan fingerprint density at radius 3 is 2.47 bits per heavy atom. The molecular weight excluding hydrogens is 216 g/mol. The zero-order valence-electron chi connectivity index (χ0n) is 9.14. The second kappa shape index (κ2) is 4.30. The van der Waals surface area contributed by atoms with Crippen LogP contribution < -0.4 is 0 Å². The van der Waals surface area contributed by atoms with Crippen LogP contribution in [-0.4, -0.2) is 44.4 Å². The van der Waals surface area contributed by atoms with E-state index in [9.17, 15) is 9.00 Å². The van der Waals surface area contributed by atoms with Crippen molar-refractivity contribution in [2.45, 2.75) is 25.5 Å². The summed E-state index contributed by atoms with van der Waals surface area (Å²) in [5, 5.41) is 8.58. The molecule has 1 unspecified atom stereocenters. The van der Waals surface area contributed by atoms with Crippen LogP contribution in [0.1, 0.15) is 20.8 Å². The number of hydrogen-bond donors (Lipinski definition) is 1. The second-order valence-corrected chi connectivity index (χ2v) is 6.50. The maximum Gasteiger partial charge on any atom is 0.407 e. The van der Waals surface area contributed by atoms with Crippen molar-refractivity contribution in [2.75, 3.05) is 13.1 Å². The molecule has 1 amide bonds. The fraction of sp³-hybridized carbons (Fsp3) is 0.778. The fourth-order valence-electron chi connectivity index (χ4n) is 1.06. The van der Waals surface area contributed by atoms with Gasteiger partial charge in [-0.05, 0) is 20.8 Å². The summed E-state index contributed by atoms with van der Waals surface area (Å²) in [6.07, 6.45) is 0.706. The van der Waals surface area contributed by atoms with Gasteiger partial charge in [0.05, 0.1) is 4.75 Å². The number of rotatable bonds is 2. The van der Waals surface area contributed by atoms with Crippen molar-refractivity contribution in [2.24, 2.45) is 10.3 Å². The van der Waals surface area contributed by atoms with Crippen LogP contribution >= 0.6 is 0 Å². The topological polar surface area (TPSA) is 70.0 Å². The van der Waals surface area contributed by atoms with Crippen LogP contribution in [-0.2, 0) is 11.0 Å². The van der Waals surface area contributed by atoms with Crippen molar-refractivity contribution < 1.29 is 14.1 Å². The first-order valence-corrected chi connectivity index (χ1v) is 5.85. The number of amides is 1. The van der Waals surface area contributed by atoms with Gasteiger partial charge in [0.25, 0.3) is 0 Å². The van der Waals surface area contributed by atoms with Crippen LogP contribution in [0.4, 0.5) is 4.79 Å². The molecule has 0 bridgehead atoms. The molecule has 0 radical (unpaired) electrons. The number of likely N-dealkylation sites (tertiary alicyclic amines) is 1. The molecule has 86 valence electrons. The van der Waals surface area contributed by atoms with Gasteiger partial charge in [-0.3, -0.25) is 0 Å². The molecule has 1 rings (SSSR count). The van der Waals surface area contributed by atoms with Crippen LogP contribution in [0.25, 0.3) is 0 Å². The molecule has 0 aromatic heterocycles. The van der Waals surface area contributed by atoms with Crippen molar-refractivity contribution in [1.29, 1.82) is 0 Å². The second-order valence-electron chi connectivity index (χ2n) is 4.56. The lowest BCUT2D eigenvalue weighted by Gasteiger charge is -2.34. The standard InChI is InChI=1S/C9H16N2O3S/c1-9(2,3)15(14)10-4-7-5-11(6-7)8(12)13/h4,7H,5-6H2,1-3H3,(H,12,13). The summed E-state index contributed by atoms with van der Waals surface area (Å²) in [5.41, 5.74) is 0. The van der Waals surface area contributed by atoms with E-state index in [1.54, 1.807) is 6.21 Å². The summed E-state index contributed by atoms with van der Waals surface area (Å²) >= 11 is 0. The third-order valence-electron chi connectivity index (χ3n) is 2.07. The van der Waals surface area contributed by atoms with Crippen molar-refractivity contribution in [3.8, 4) is 0 Å². The Labute approximate surface area is 91.8 Å².